The van der Waals surface area contributed by atoms with Gasteiger partial charge in [-0.1, -0.05) is 42.5 Å². The van der Waals surface area contributed by atoms with Gasteiger partial charge in [-0.15, -0.1) is 0 Å². The van der Waals surface area contributed by atoms with E-state index in [0.717, 1.165) is 12.8 Å². The molecule has 1 aliphatic carbocycles. The van der Waals surface area contributed by atoms with Crippen molar-refractivity contribution in [3.63, 3.8) is 0 Å². The lowest BCUT2D eigenvalue weighted by Crippen LogP contribution is -2.44. The molecular formula is C17H17NO2. The third-order valence-corrected chi connectivity index (χ3v) is 4.59. The molecule has 2 aromatic rings. The molecule has 1 aliphatic heterocycles. The van der Waals surface area contributed by atoms with Crippen LogP contribution in [0.15, 0.2) is 42.5 Å². The summed E-state index contributed by atoms with van der Waals surface area (Å²) < 4.78 is 0. The maximum atomic E-state index is 9.65. The van der Waals surface area contributed by atoms with Crippen molar-refractivity contribution in [2.75, 3.05) is 6.54 Å². The lowest BCUT2D eigenvalue weighted by atomic mass is 9.77. The van der Waals surface area contributed by atoms with Gasteiger partial charge in [0, 0.05) is 12.6 Å². The van der Waals surface area contributed by atoms with Crippen LogP contribution in [0, 0.1) is 0 Å². The van der Waals surface area contributed by atoms with Gasteiger partial charge >= 0.3 is 0 Å². The quantitative estimate of drug-likeness (QED) is 0.777. The van der Waals surface area contributed by atoms with Crippen LogP contribution in [-0.2, 0) is 12.8 Å². The number of aliphatic hydroxyl groups excluding tert-OH is 1. The Balaban J connectivity index is 1.95. The maximum Gasteiger partial charge on any atom is 0.214 e. The highest BCUT2D eigenvalue weighted by atomic mass is 16.5. The van der Waals surface area contributed by atoms with Crippen molar-refractivity contribution in [1.29, 1.82) is 0 Å². The molecule has 2 aliphatic rings. The van der Waals surface area contributed by atoms with E-state index >= 15 is 0 Å². The van der Waals surface area contributed by atoms with Crippen molar-refractivity contribution in [3.8, 4) is 11.1 Å². The second-order valence-corrected chi connectivity index (χ2v) is 5.59. The first-order valence-corrected chi connectivity index (χ1v) is 7.07. The molecule has 1 unspecified atom stereocenters. The summed E-state index contributed by atoms with van der Waals surface area (Å²) in [5.41, 5.74) is 6.45. The van der Waals surface area contributed by atoms with Crippen LogP contribution in [0.25, 0.3) is 11.1 Å². The van der Waals surface area contributed by atoms with Gasteiger partial charge < -0.3 is 10.2 Å². The van der Waals surface area contributed by atoms with Crippen molar-refractivity contribution in [3.05, 3.63) is 59.2 Å². The lowest BCUT2D eigenvalue weighted by molar-refractivity contribution is -0.173. The van der Waals surface area contributed by atoms with Crippen LogP contribution >= 0.6 is 0 Å². The van der Waals surface area contributed by atoms with Crippen molar-refractivity contribution in [1.82, 2.24) is 4.90 Å². The average Bonchev–Trinajstić information content (AvgIpc) is 2.47. The van der Waals surface area contributed by atoms with Gasteiger partial charge in [-0.05, 0) is 40.7 Å². The summed E-state index contributed by atoms with van der Waals surface area (Å²) in [6, 6.07) is 14.9. The number of nitrogens with zero attached hydrogens (tertiary/aromatic N) is 1. The molecule has 0 aromatic heterocycles. The molecule has 0 saturated heterocycles. The van der Waals surface area contributed by atoms with E-state index in [2.05, 4.69) is 42.5 Å². The molecule has 0 saturated carbocycles. The number of hydrogen-bond donors (Lipinski definition) is 2. The molecule has 2 N–H and O–H groups in total. The first-order chi connectivity index (χ1) is 9.75. The molecule has 0 fully saturated rings. The number of hydrogen-bond acceptors (Lipinski definition) is 3. The van der Waals surface area contributed by atoms with Crippen LogP contribution in [0.1, 0.15) is 22.7 Å². The molecule has 1 heterocycles. The zero-order chi connectivity index (χ0) is 13.7. The molecule has 1 atom stereocenters. The Morgan fingerprint density at radius 3 is 2.55 bits per heavy atom. The standard InChI is InChI=1S/C17H17NO2/c19-17(20)18-9-8-11-5-3-7-14-13-6-2-1-4-12(13)10-15(18)16(11)14/h1-7,15,17,19-20H,8-10H2. The number of fused-ring (bicyclic) bond motifs is 2. The first-order valence-electron chi connectivity index (χ1n) is 7.07. The minimum Gasteiger partial charge on any atom is -0.356 e. The predicted octanol–water partition coefficient (Wildman–Crippen LogP) is 2.08. The molecule has 0 amide bonds. The summed E-state index contributed by atoms with van der Waals surface area (Å²) in [7, 11) is 0. The van der Waals surface area contributed by atoms with Crippen molar-refractivity contribution >= 4 is 0 Å². The summed E-state index contributed by atoms with van der Waals surface area (Å²) in [5, 5.41) is 19.3. The Hall–Kier alpha value is -1.68. The summed E-state index contributed by atoms with van der Waals surface area (Å²) in [6.45, 7) is 0.695. The highest BCUT2D eigenvalue weighted by molar-refractivity contribution is 5.75. The van der Waals surface area contributed by atoms with Crippen LogP contribution < -0.4 is 0 Å². The number of benzene rings is 2. The SMILES string of the molecule is OC(O)N1CCc2cccc3c2C1Cc1ccccc1-3. The van der Waals surface area contributed by atoms with Gasteiger partial charge in [0.25, 0.3) is 0 Å². The zero-order valence-corrected chi connectivity index (χ0v) is 11.2. The average molecular weight is 267 g/mol. The van der Waals surface area contributed by atoms with E-state index in [4.69, 9.17) is 0 Å². The Bertz CT molecular complexity index is 666. The molecular weight excluding hydrogens is 250 g/mol. The Labute approximate surface area is 118 Å². The third-order valence-electron chi connectivity index (χ3n) is 4.59. The zero-order valence-electron chi connectivity index (χ0n) is 11.2. The fourth-order valence-electron chi connectivity index (χ4n) is 3.70. The van der Waals surface area contributed by atoms with Gasteiger partial charge in [-0.25, -0.2) is 4.90 Å². The van der Waals surface area contributed by atoms with E-state index in [9.17, 15) is 10.2 Å². The van der Waals surface area contributed by atoms with E-state index < -0.39 is 6.41 Å². The Kier molecular flexibility index (Phi) is 2.67. The van der Waals surface area contributed by atoms with Gasteiger partial charge in [-0.3, -0.25) is 0 Å². The molecule has 4 rings (SSSR count). The second kappa shape index (κ2) is 4.42. The van der Waals surface area contributed by atoms with E-state index in [-0.39, 0.29) is 6.04 Å². The first kappa shape index (κ1) is 12.1. The number of rotatable bonds is 1. The van der Waals surface area contributed by atoms with Crippen molar-refractivity contribution in [2.24, 2.45) is 0 Å². The van der Waals surface area contributed by atoms with E-state index in [0.29, 0.717) is 6.54 Å². The van der Waals surface area contributed by atoms with Gasteiger partial charge in [0.1, 0.15) is 0 Å². The monoisotopic (exact) mass is 267 g/mol. The van der Waals surface area contributed by atoms with Crippen molar-refractivity contribution in [2.45, 2.75) is 25.3 Å². The summed E-state index contributed by atoms with van der Waals surface area (Å²) in [4.78, 5) is 1.79. The fourth-order valence-corrected chi connectivity index (χ4v) is 3.70. The van der Waals surface area contributed by atoms with E-state index in [1.807, 2.05) is 0 Å². The largest absolute Gasteiger partial charge is 0.356 e. The topological polar surface area (TPSA) is 43.7 Å². The molecule has 0 bridgehead atoms. The molecule has 20 heavy (non-hydrogen) atoms. The Morgan fingerprint density at radius 1 is 0.950 bits per heavy atom. The minimum atomic E-state index is -1.38. The molecule has 3 heteroatoms. The number of aliphatic hydroxyl groups is 2. The molecule has 2 aromatic carbocycles. The van der Waals surface area contributed by atoms with Crippen LogP contribution in [-0.4, -0.2) is 28.1 Å². The van der Waals surface area contributed by atoms with E-state index in [1.54, 1.807) is 4.90 Å². The van der Waals surface area contributed by atoms with Crippen LogP contribution in [0.3, 0.4) is 0 Å². The molecule has 0 spiro atoms. The van der Waals surface area contributed by atoms with Crippen molar-refractivity contribution < 1.29 is 10.2 Å². The second-order valence-electron chi connectivity index (χ2n) is 5.59. The highest BCUT2D eigenvalue weighted by Crippen LogP contribution is 2.45. The van der Waals surface area contributed by atoms with Gasteiger partial charge in [-0.2, -0.15) is 0 Å². The van der Waals surface area contributed by atoms with Gasteiger partial charge in [0.05, 0.1) is 0 Å². The van der Waals surface area contributed by atoms with Gasteiger partial charge in [0.15, 0.2) is 0 Å². The lowest BCUT2D eigenvalue weighted by Gasteiger charge is -2.42. The Morgan fingerprint density at radius 2 is 1.70 bits per heavy atom. The van der Waals surface area contributed by atoms with Crippen LogP contribution in [0.2, 0.25) is 0 Å². The minimum absolute atomic E-state index is 0.0739. The fraction of sp³-hybridized carbons (Fsp3) is 0.294. The molecule has 3 nitrogen and oxygen atoms in total. The maximum absolute atomic E-state index is 9.65. The van der Waals surface area contributed by atoms with Crippen LogP contribution in [0.5, 0.6) is 0 Å². The smallest absolute Gasteiger partial charge is 0.214 e. The normalized spacial score (nSPS) is 20.6. The van der Waals surface area contributed by atoms with Crippen LogP contribution in [0.4, 0.5) is 0 Å². The summed E-state index contributed by atoms with van der Waals surface area (Å²) in [5.74, 6) is 0. The predicted molar refractivity (Wildman–Crippen MR) is 77.0 cm³/mol. The molecule has 102 valence electrons. The summed E-state index contributed by atoms with van der Waals surface area (Å²) in [6.07, 6.45) is 0.337. The van der Waals surface area contributed by atoms with Gasteiger partial charge in [0.2, 0.25) is 6.41 Å². The van der Waals surface area contributed by atoms with E-state index in [1.165, 1.54) is 27.8 Å². The summed E-state index contributed by atoms with van der Waals surface area (Å²) >= 11 is 0. The highest BCUT2D eigenvalue weighted by Gasteiger charge is 2.36. The third kappa shape index (κ3) is 1.64. The molecule has 0 radical (unpaired) electrons.